The van der Waals surface area contributed by atoms with Gasteiger partial charge in [-0.25, -0.2) is 10.8 Å². The Morgan fingerprint density at radius 1 is 1.53 bits per heavy atom. The van der Waals surface area contributed by atoms with Crippen molar-refractivity contribution in [1.82, 2.24) is 9.97 Å². The summed E-state index contributed by atoms with van der Waals surface area (Å²) in [5.74, 6) is 4.32. The standard InChI is InChI=1S/C7H11N7O3/c1-3-5(14(16)17)6(10-2-4(8)15)12-7(11-3)13-9/h2,9H2,1H3,(H2,8,15)(H2,10,11,12,13). The lowest BCUT2D eigenvalue weighted by molar-refractivity contribution is -0.385. The molecule has 10 heteroatoms. The van der Waals surface area contributed by atoms with E-state index in [4.69, 9.17) is 11.6 Å². The maximum Gasteiger partial charge on any atom is 0.332 e. The molecule has 17 heavy (non-hydrogen) atoms. The molecule has 0 radical (unpaired) electrons. The molecule has 0 atom stereocenters. The maximum atomic E-state index is 10.8. The number of hydrogen-bond donors (Lipinski definition) is 4. The minimum Gasteiger partial charge on any atom is -0.368 e. The van der Waals surface area contributed by atoms with Crippen molar-refractivity contribution in [2.24, 2.45) is 11.6 Å². The number of primary amides is 1. The lowest BCUT2D eigenvalue weighted by Crippen LogP contribution is -2.23. The lowest BCUT2D eigenvalue weighted by Gasteiger charge is -2.07. The van der Waals surface area contributed by atoms with Crippen LogP contribution in [0, 0.1) is 17.0 Å². The van der Waals surface area contributed by atoms with E-state index in [-0.39, 0.29) is 29.7 Å². The first-order valence-electron chi connectivity index (χ1n) is 4.47. The van der Waals surface area contributed by atoms with E-state index in [1.54, 1.807) is 0 Å². The Hall–Kier alpha value is -2.49. The van der Waals surface area contributed by atoms with E-state index in [1.807, 2.05) is 0 Å². The van der Waals surface area contributed by atoms with E-state index in [9.17, 15) is 14.9 Å². The van der Waals surface area contributed by atoms with Crippen molar-refractivity contribution in [3.8, 4) is 0 Å². The number of aromatic nitrogens is 2. The van der Waals surface area contributed by atoms with Crippen LogP contribution in [0.1, 0.15) is 5.69 Å². The Bertz CT molecular complexity index is 461. The molecule has 0 saturated carbocycles. The van der Waals surface area contributed by atoms with E-state index in [1.165, 1.54) is 6.92 Å². The zero-order chi connectivity index (χ0) is 13.0. The molecule has 0 aliphatic rings. The molecular formula is C7H11N7O3. The molecule has 0 spiro atoms. The van der Waals surface area contributed by atoms with Crippen LogP contribution >= 0.6 is 0 Å². The summed E-state index contributed by atoms with van der Waals surface area (Å²) in [7, 11) is 0. The normalized spacial score (nSPS) is 9.76. The summed E-state index contributed by atoms with van der Waals surface area (Å²) in [6.45, 7) is 1.15. The zero-order valence-electron chi connectivity index (χ0n) is 8.93. The van der Waals surface area contributed by atoms with Gasteiger partial charge in [0.05, 0.1) is 11.5 Å². The molecule has 0 saturated heterocycles. The number of nitrogens with one attached hydrogen (secondary N) is 2. The molecule has 0 aliphatic heterocycles. The highest BCUT2D eigenvalue weighted by Crippen LogP contribution is 2.25. The second-order valence-corrected chi connectivity index (χ2v) is 3.05. The Labute approximate surface area is 95.5 Å². The number of nitrogens with two attached hydrogens (primary N) is 2. The van der Waals surface area contributed by atoms with Crippen LogP contribution in [0.2, 0.25) is 0 Å². The molecule has 6 N–H and O–H groups in total. The maximum absolute atomic E-state index is 10.8. The van der Waals surface area contributed by atoms with Crippen LogP contribution in [-0.4, -0.2) is 27.3 Å². The van der Waals surface area contributed by atoms with Gasteiger partial charge < -0.3 is 11.1 Å². The van der Waals surface area contributed by atoms with Gasteiger partial charge in [0.2, 0.25) is 17.7 Å². The fourth-order valence-corrected chi connectivity index (χ4v) is 1.14. The summed E-state index contributed by atoms with van der Waals surface area (Å²) >= 11 is 0. The van der Waals surface area contributed by atoms with E-state index in [0.717, 1.165) is 0 Å². The molecular weight excluding hydrogens is 230 g/mol. The molecule has 0 aliphatic carbocycles. The molecule has 92 valence electrons. The Morgan fingerprint density at radius 3 is 2.65 bits per heavy atom. The van der Waals surface area contributed by atoms with Crippen LogP contribution in [0.25, 0.3) is 0 Å². The number of nitrogens with zero attached hydrogens (tertiary/aromatic N) is 3. The number of amides is 1. The lowest BCUT2D eigenvalue weighted by atomic mass is 10.3. The number of nitrogen functional groups attached to an aromatic ring is 1. The first kappa shape index (κ1) is 12.6. The number of carbonyl (C=O) groups is 1. The summed E-state index contributed by atoms with van der Waals surface area (Å²) < 4.78 is 0. The zero-order valence-corrected chi connectivity index (χ0v) is 8.93. The Morgan fingerprint density at radius 2 is 2.18 bits per heavy atom. The molecule has 1 amide bonds. The van der Waals surface area contributed by atoms with Crippen LogP contribution in [-0.2, 0) is 4.79 Å². The number of hydrogen-bond acceptors (Lipinski definition) is 8. The van der Waals surface area contributed by atoms with Gasteiger partial charge in [0.25, 0.3) is 0 Å². The third-order valence-electron chi connectivity index (χ3n) is 1.80. The molecule has 0 fully saturated rings. The molecule has 1 aromatic rings. The highest BCUT2D eigenvalue weighted by Gasteiger charge is 2.21. The van der Waals surface area contributed by atoms with Crippen LogP contribution in [0.5, 0.6) is 0 Å². The average Bonchev–Trinajstić information content (AvgIpc) is 2.24. The van der Waals surface area contributed by atoms with Gasteiger partial charge in [-0.15, -0.1) is 0 Å². The summed E-state index contributed by atoms with van der Waals surface area (Å²) in [6, 6.07) is 0. The van der Waals surface area contributed by atoms with Crippen molar-refractivity contribution in [2.45, 2.75) is 6.92 Å². The van der Waals surface area contributed by atoms with Gasteiger partial charge in [-0.2, -0.15) is 4.98 Å². The van der Waals surface area contributed by atoms with Gasteiger partial charge in [0.1, 0.15) is 5.69 Å². The quantitative estimate of drug-likeness (QED) is 0.286. The molecule has 1 heterocycles. The van der Waals surface area contributed by atoms with Crippen molar-refractivity contribution in [3.63, 3.8) is 0 Å². The van der Waals surface area contributed by atoms with Crippen molar-refractivity contribution >= 4 is 23.4 Å². The van der Waals surface area contributed by atoms with Gasteiger partial charge in [-0.3, -0.25) is 20.3 Å². The fourth-order valence-electron chi connectivity index (χ4n) is 1.14. The monoisotopic (exact) mass is 241 g/mol. The van der Waals surface area contributed by atoms with E-state index in [0.29, 0.717) is 0 Å². The van der Waals surface area contributed by atoms with E-state index < -0.39 is 10.8 Å². The van der Waals surface area contributed by atoms with Crippen LogP contribution in [0.4, 0.5) is 17.5 Å². The van der Waals surface area contributed by atoms with Crippen LogP contribution in [0.15, 0.2) is 0 Å². The van der Waals surface area contributed by atoms with Crippen molar-refractivity contribution in [2.75, 3.05) is 17.3 Å². The topological polar surface area (TPSA) is 162 Å². The number of anilines is 2. The van der Waals surface area contributed by atoms with Crippen molar-refractivity contribution in [3.05, 3.63) is 15.8 Å². The SMILES string of the molecule is Cc1nc(NN)nc(NCC(N)=O)c1[N+](=O)[O-]. The predicted molar refractivity (Wildman–Crippen MR) is 58.9 cm³/mol. The predicted octanol–water partition coefficient (Wildman–Crippen LogP) is -1.12. The minimum atomic E-state index is -0.669. The highest BCUT2D eigenvalue weighted by atomic mass is 16.6. The van der Waals surface area contributed by atoms with Gasteiger partial charge >= 0.3 is 5.69 Å². The molecule has 0 unspecified atom stereocenters. The molecule has 1 aromatic heterocycles. The summed E-state index contributed by atoms with van der Waals surface area (Å²) in [5, 5.41) is 13.3. The third-order valence-corrected chi connectivity index (χ3v) is 1.80. The van der Waals surface area contributed by atoms with Gasteiger partial charge in [-0.05, 0) is 6.92 Å². The van der Waals surface area contributed by atoms with Gasteiger partial charge in [-0.1, -0.05) is 0 Å². The van der Waals surface area contributed by atoms with E-state index >= 15 is 0 Å². The summed E-state index contributed by atoms with van der Waals surface area (Å²) in [4.78, 5) is 28.2. The number of nitro groups is 1. The van der Waals surface area contributed by atoms with Crippen LogP contribution in [0.3, 0.4) is 0 Å². The summed E-state index contributed by atoms with van der Waals surface area (Å²) in [5.41, 5.74) is 6.87. The third kappa shape index (κ3) is 2.98. The fraction of sp³-hybridized carbons (Fsp3) is 0.286. The average molecular weight is 241 g/mol. The first-order chi connectivity index (χ1) is 7.95. The molecule has 0 aromatic carbocycles. The first-order valence-corrected chi connectivity index (χ1v) is 4.47. The highest BCUT2D eigenvalue weighted by molar-refractivity contribution is 5.79. The summed E-state index contributed by atoms with van der Waals surface area (Å²) in [6.07, 6.45) is 0. The second kappa shape index (κ2) is 5.03. The van der Waals surface area contributed by atoms with Crippen molar-refractivity contribution < 1.29 is 9.72 Å². The van der Waals surface area contributed by atoms with Crippen molar-refractivity contribution in [1.29, 1.82) is 0 Å². The second-order valence-electron chi connectivity index (χ2n) is 3.05. The number of rotatable bonds is 5. The van der Waals surface area contributed by atoms with Gasteiger partial charge in [0.15, 0.2) is 0 Å². The molecule has 1 rings (SSSR count). The smallest absolute Gasteiger partial charge is 0.332 e. The van der Waals surface area contributed by atoms with Gasteiger partial charge in [0, 0.05) is 0 Å². The largest absolute Gasteiger partial charge is 0.368 e. The Balaban J connectivity index is 3.17. The number of carbonyl (C=O) groups excluding carboxylic acids is 1. The molecule has 0 bridgehead atoms. The van der Waals surface area contributed by atoms with Crippen LogP contribution < -0.4 is 22.3 Å². The van der Waals surface area contributed by atoms with E-state index in [2.05, 4.69) is 20.7 Å². The molecule has 10 nitrogen and oxygen atoms in total. The number of hydrazine groups is 1. The Kier molecular flexibility index (Phi) is 3.72. The minimum absolute atomic E-state index is 0.0000652. The number of aryl methyl sites for hydroxylation is 1.